The summed E-state index contributed by atoms with van der Waals surface area (Å²) >= 11 is 7.33. The van der Waals surface area contributed by atoms with E-state index in [9.17, 15) is 4.79 Å². The number of rotatable bonds is 8. The van der Waals surface area contributed by atoms with Crippen molar-refractivity contribution in [3.63, 3.8) is 0 Å². The lowest BCUT2D eigenvalue weighted by Gasteiger charge is -2.17. The number of benzene rings is 3. The maximum absolute atomic E-state index is 12.6. The van der Waals surface area contributed by atoms with Crippen LogP contribution in [0.1, 0.15) is 11.1 Å². The molecule has 0 aliphatic rings. The van der Waals surface area contributed by atoms with Crippen LogP contribution in [-0.2, 0) is 17.9 Å². The summed E-state index contributed by atoms with van der Waals surface area (Å²) in [5.41, 5.74) is 3.04. The van der Waals surface area contributed by atoms with Crippen molar-refractivity contribution in [2.45, 2.75) is 18.2 Å². The fourth-order valence-corrected chi connectivity index (χ4v) is 4.14. The minimum absolute atomic E-state index is 0.0336. The average molecular weight is 463 g/mol. The lowest BCUT2D eigenvalue weighted by molar-refractivity contribution is -0.127. The minimum Gasteiger partial charge on any atom is -0.365 e. The first-order valence-electron chi connectivity index (χ1n) is 10.2. The molecule has 0 aliphatic carbocycles. The second kappa shape index (κ2) is 10.5. The molecule has 7 heteroatoms. The van der Waals surface area contributed by atoms with Gasteiger partial charge in [0.1, 0.15) is 5.82 Å². The normalized spacial score (nSPS) is 10.8. The van der Waals surface area contributed by atoms with Crippen LogP contribution in [-0.4, -0.2) is 33.6 Å². The summed E-state index contributed by atoms with van der Waals surface area (Å²) in [6, 6.07) is 25.5. The smallest absolute Gasteiger partial charge is 0.233 e. The topological polar surface area (TPSA) is 58.1 Å². The van der Waals surface area contributed by atoms with Crippen LogP contribution in [0.3, 0.4) is 0 Å². The molecule has 0 saturated carbocycles. The highest BCUT2D eigenvalue weighted by Crippen LogP contribution is 2.25. The molecule has 0 bridgehead atoms. The van der Waals surface area contributed by atoms with E-state index in [1.54, 1.807) is 4.90 Å². The Labute approximate surface area is 196 Å². The van der Waals surface area contributed by atoms with Crippen molar-refractivity contribution in [1.29, 1.82) is 0 Å². The molecule has 32 heavy (non-hydrogen) atoms. The van der Waals surface area contributed by atoms with Gasteiger partial charge in [-0.05, 0) is 35.4 Å². The lowest BCUT2D eigenvalue weighted by atomic mass is 10.2. The molecule has 0 saturated heterocycles. The molecule has 5 nitrogen and oxygen atoms in total. The van der Waals surface area contributed by atoms with Crippen LogP contribution in [0.5, 0.6) is 0 Å². The zero-order valence-electron chi connectivity index (χ0n) is 17.7. The second-order valence-corrected chi connectivity index (χ2v) is 8.75. The van der Waals surface area contributed by atoms with Gasteiger partial charge in [0, 0.05) is 30.5 Å². The number of hydrogen-bond acceptors (Lipinski definition) is 5. The van der Waals surface area contributed by atoms with E-state index in [1.807, 2.05) is 85.9 Å². The van der Waals surface area contributed by atoms with E-state index >= 15 is 0 Å². The highest BCUT2D eigenvalue weighted by Gasteiger charge is 2.13. The summed E-state index contributed by atoms with van der Waals surface area (Å²) in [7, 11) is 1.82. The first-order valence-corrected chi connectivity index (χ1v) is 11.6. The van der Waals surface area contributed by atoms with Crippen LogP contribution in [0.2, 0.25) is 5.02 Å². The molecule has 0 fully saturated rings. The molecule has 0 spiro atoms. The van der Waals surface area contributed by atoms with Gasteiger partial charge in [0.15, 0.2) is 5.16 Å². The van der Waals surface area contributed by atoms with E-state index < -0.39 is 0 Å². The van der Waals surface area contributed by atoms with Crippen LogP contribution in [0.25, 0.3) is 10.9 Å². The van der Waals surface area contributed by atoms with Crippen LogP contribution < -0.4 is 5.32 Å². The molecule has 0 aliphatic heterocycles. The predicted molar refractivity (Wildman–Crippen MR) is 132 cm³/mol. The Kier molecular flexibility index (Phi) is 7.24. The summed E-state index contributed by atoms with van der Waals surface area (Å²) in [4.78, 5) is 23.7. The number of halogens is 1. The van der Waals surface area contributed by atoms with Crippen LogP contribution in [0, 0.1) is 0 Å². The van der Waals surface area contributed by atoms with Gasteiger partial charge in [-0.1, -0.05) is 78.0 Å². The maximum atomic E-state index is 12.6. The highest BCUT2D eigenvalue weighted by molar-refractivity contribution is 7.99. The lowest BCUT2D eigenvalue weighted by Crippen LogP contribution is -2.27. The zero-order valence-corrected chi connectivity index (χ0v) is 19.2. The average Bonchev–Trinajstić information content (AvgIpc) is 2.82. The number of carbonyl (C=O) groups excluding carboxylic acids is 1. The van der Waals surface area contributed by atoms with Gasteiger partial charge in [-0.15, -0.1) is 0 Å². The number of fused-ring (bicyclic) bond motifs is 1. The third-order valence-corrected chi connectivity index (χ3v) is 6.05. The quantitative estimate of drug-likeness (QED) is 0.271. The maximum Gasteiger partial charge on any atom is 0.233 e. The standard InChI is InChI=1S/C25H23ClN4OS/c1-30(16-19-7-3-2-4-8-19)23(31)17-32-25-28-22-10-6-5-9-21(22)24(29-25)27-15-18-11-13-20(26)14-12-18/h2-14H,15-17H2,1H3,(H,27,28,29). The number of nitrogens with zero attached hydrogens (tertiary/aromatic N) is 3. The molecular weight excluding hydrogens is 440 g/mol. The summed E-state index contributed by atoms with van der Waals surface area (Å²) in [5, 5.41) is 5.63. The zero-order chi connectivity index (χ0) is 22.3. The largest absolute Gasteiger partial charge is 0.365 e. The van der Waals surface area contributed by atoms with Gasteiger partial charge in [0.05, 0.1) is 11.3 Å². The van der Waals surface area contributed by atoms with Crippen molar-refractivity contribution >= 4 is 46.0 Å². The molecule has 1 heterocycles. The Morgan fingerprint density at radius 2 is 1.66 bits per heavy atom. The molecule has 4 rings (SSSR count). The van der Waals surface area contributed by atoms with Gasteiger partial charge in [-0.2, -0.15) is 0 Å². The van der Waals surface area contributed by atoms with E-state index in [0.717, 1.165) is 27.8 Å². The van der Waals surface area contributed by atoms with Crippen molar-refractivity contribution in [2.24, 2.45) is 0 Å². The van der Waals surface area contributed by atoms with E-state index in [-0.39, 0.29) is 11.7 Å². The molecule has 3 aromatic carbocycles. The number of para-hydroxylation sites is 1. The second-order valence-electron chi connectivity index (χ2n) is 7.38. The van der Waals surface area contributed by atoms with E-state index in [1.165, 1.54) is 11.8 Å². The van der Waals surface area contributed by atoms with Crippen molar-refractivity contribution < 1.29 is 4.79 Å². The molecule has 0 atom stereocenters. The molecule has 1 amide bonds. The SMILES string of the molecule is CN(Cc1ccccc1)C(=O)CSc1nc(NCc2ccc(Cl)cc2)c2ccccc2n1. The Balaban J connectivity index is 1.45. The Bertz CT molecular complexity index is 1200. The minimum atomic E-state index is 0.0336. The summed E-state index contributed by atoms with van der Waals surface area (Å²) in [6.45, 7) is 1.19. The van der Waals surface area contributed by atoms with E-state index in [4.69, 9.17) is 16.6 Å². The van der Waals surface area contributed by atoms with Gasteiger partial charge in [0.25, 0.3) is 0 Å². The molecular formula is C25H23ClN4OS. The third kappa shape index (κ3) is 5.78. The number of hydrogen-bond donors (Lipinski definition) is 1. The Morgan fingerprint density at radius 3 is 2.44 bits per heavy atom. The number of nitrogens with one attached hydrogen (secondary N) is 1. The van der Waals surface area contributed by atoms with Gasteiger partial charge in [-0.25, -0.2) is 9.97 Å². The monoisotopic (exact) mass is 462 g/mol. The Hall–Kier alpha value is -3.09. The third-order valence-electron chi connectivity index (χ3n) is 4.97. The number of amides is 1. The molecule has 1 N–H and O–H groups in total. The fourth-order valence-electron chi connectivity index (χ4n) is 3.22. The summed E-state index contributed by atoms with van der Waals surface area (Å²) in [6.07, 6.45) is 0. The van der Waals surface area contributed by atoms with Crippen LogP contribution >= 0.6 is 23.4 Å². The summed E-state index contributed by atoms with van der Waals surface area (Å²) < 4.78 is 0. The van der Waals surface area contributed by atoms with E-state index in [2.05, 4.69) is 10.3 Å². The van der Waals surface area contributed by atoms with Crippen molar-refractivity contribution in [1.82, 2.24) is 14.9 Å². The summed E-state index contributed by atoms with van der Waals surface area (Å²) in [5.74, 6) is 1.06. The van der Waals surface area contributed by atoms with Crippen LogP contribution in [0.4, 0.5) is 5.82 Å². The highest BCUT2D eigenvalue weighted by atomic mass is 35.5. The van der Waals surface area contributed by atoms with Crippen molar-refractivity contribution in [3.8, 4) is 0 Å². The van der Waals surface area contributed by atoms with Crippen molar-refractivity contribution in [3.05, 3.63) is 95.0 Å². The number of anilines is 1. The molecule has 0 unspecified atom stereocenters. The fraction of sp³-hybridized carbons (Fsp3) is 0.160. The molecule has 162 valence electrons. The predicted octanol–water partition coefficient (Wildman–Crippen LogP) is 5.65. The number of thioether (sulfide) groups is 1. The van der Waals surface area contributed by atoms with E-state index in [0.29, 0.717) is 23.3 Å². The van der Waals surface area contributed by atoms with Crippen molar-refractivity contribution in [2.75, 3.05) is 18.1 Å². The van der Waals surface area contributed by atoms with Gasteiger partial charge in [0.2, 0.25) is 5.91 Å². The number of aromatic nitrogens is 2. The van der Waals surface area contributed by atoms with Gasteiger partial charge >= 0.3 is 0 Å². The molecule has 0 radical (unpaired) electrons. The first kappa shape index (κ1) is 22.1. The first-order chi connectivity index (χ1) is 15.6. The molecule has 1 aromatic heterocycles. The van der Waals surface area contributed by atoms with Gasteiger partial charge in [-0.3, -0.25) is 4.79 Å². The number of carbonyl (C=O) groups is 1. The molecule has 4 aromatic rings. The van der Waals surface area contributed by atoms with Gasteiger partial charge < -0.3 is 10.2 Å². The van der Waals surface area contributed by atoms with Crippen LogP contribution in [0.15, 0.2) is 84.0 Å². The Morgan fingerprint density at radius 1 is 0.938 bits per heavy atom.